The molecule has 4 nitrogen and oxygen atoms in total. The fraction of sp³-hybridized carbons (Fsp3) is 0.273. The molecule has 0 spiro atoms. The Bertz CT molecular complexity index is 1060. The van der Waals surface area contributed by atoms with Crippen molar-refractivity contribution in [1.82, 2.24) is 0 Å². The largest absolute Gasteiger partial charge is 0.457 e. The number of carbonyl (C=O) groups excluding carboxylic acids is 1. The van der Waals surface area contributed by atoms with Gasteiger partial charge < -0.3 is 9.15 Å². The fourth-order valence-electron chi connectivity index (χ4n) is 3.73. The van der Waals surface area contributed by atoms with Gasteiger partial charge in [-0.1, -0.05) is 17.2 Å². The molecule has 0 saturated heterocycles. The molecule has 0 amide bonds. The molecule has 1 aromatic heterocycles. The van der Waals surface area contributed by atoms with Gasteiger partial charge in [-0.15, -0.1) is 0 Å². The molecule has 1 aliphatic rings. The van der Waals surface area contributed by atoms with Crippen LogP contribution in [0.3, 0.4) is 0 Å². The average Bonchev–Trinajstić information content (AvgIpc) is 3.04. The van der Waals surface area contributed by atoms with E-state index in [1.165, 1.54) is 17.2 Å². The van der Waals surface area contributed by atoms with E-state index >= 15 is 0 Å². The molecule has 2 aromatic carbocycles. The van der Waals surface area contributed by atoms with Crippen LogP contribution in [0.15, 0.2) is 45.6 Å². The molecule has 26 heavy (non-hydrogen) atoms. The number of hydrogen-bond donors (Lipinski definition) is 0. The van der Waals surface area contributed by atoms with Crippen LogP contribution in [0.5, 0.6) is 0 Å². The molecule has 3 aromatic rings. The molecule has 4 heteroatoms. The van der Waals surface area contributed by atoms with Crippen molar-refractivity contribution in [3.63, 3.8) is 0 Å². The van der Waals surface area contributed by atoms with Crippen LogP contribution in [0.25, 0.3) is 11.0 Å². The van der Waals surface area contributed by atoms with E-state index in [1.54, 1.807) is 12.1 Å². The zero-order chi connectivity index (χ0) is 18.3. The predicted octanol–water partition coefficient (Wildman–Crippen LogP) is 4.26. The number of fused-ring (bicyclic) bond motifs is 2. The smallest absolute Gasteiger partial charge is 0.338 e. The summed E-state index contributed by atoms with van der Waals surface area (Å²) in [7, 11) is 0. The van der Waals surface area contributed by atoms with Gasteiger partial charge in [0, 0.05) is 17.0 Å². The van der Waals surface area contributed by atoms with Crippen LogP contribution in [0.2, 0.25) is 0 Å². The van der Waals surface area contributed by atoms with Gasteiger partial charge >= 0.3 is 11.6 Å². The Morgan fingerprint density at radius 2 is 1.69 bits per heavy atom. The maximum Gasteiger partial charge on any atom is 0.338 e. The van der Waals surface area contributed by atoms with Gasteiger partial charge in [-0.05, 0) is 68.5 Å². The summed E-state index contributed by atoms with van der Waals surface area (Å²) in [5.74, 6) is -0.389. The van der Waals surface area contributed by atoms with Crippen molar-refractivity contribution >= 4 is 16.9 Å². The molecule has 0 N–H and O–H groups in total. The van der Waals surface area contributed by atoms with Gasteiger partial charge in [-0.25, -0.2) is 9.59 Å². The topological polar surface area (TPSA) is 56.5 Å². The maximum absolute atomic E-state index is 12.4. The Hall–Kier alpha value is -2.88. The highest BCUT2D eigenvalue weighted by atomic mass is 16.5. The predicted molar refractivity (Wildman–Crippen MR) is 99.5 cm³/mol. The van der Waals surface area contributed by atoms with Crippen molar-refractivity contribution in [2.45, 2.75) is 39.7 Å². The second-order valence-corrected chi connectivity index (χ2v) is 7.01. The zero-order valence-electron chi connectivity index (χ0n) is 14.9. The quantitative estimate of drug-likeness (QED) is 0.524. The lowest BCUT2D eigenvalue weighted by molar-refractivity contribution is 0.0473. The fourth-order valence-corrected chi connectivity index (χ4v) is 3.73. The summed E-state index contributed by atoms with van der Waals surface area (Å²) >= 11 is 0. The van der Waals surface area contributed by atoms with Crippen LogP contribution in [0.1, 0.15) is 44.6 Å². The SMILES string of the molecule is Cc1cc(C)cc(C(=O)OCc2cc(=O)oc3cc4c(cc23)CCC4)c1. The minimum atomic E-state index is -0.423. The van der Waals surface area contributed by atoms with Crippen molar-refractivity contribution in [2.24, 2.45) is 0 Å². The van der Waals surface area contributed by atoms with E-state index in [0.717, 1.165) is 35.8 Å². The van der Waals surface area contributed by atoms with E-state index < -0.39 is 5.63 Å². The summed E-state index contributed by atoms with van der Waals surface area (Å²) < 4.78 is 10.8. The summed E-state index contributed by atoms with van der Waals surface area (Å²) in [5, 5.41) is 0.846. The minimum absolute atomic E-state index is 0.0483. The van der Waals surface area contributed by atoms with Gasteiger partial charge in [-0.2, -0.15) is 0 Å². The molecular formula is C22H20O4. The van der Waals surface area contributed by atoms with Gasteiger partial charge in [0.15, 0.2) is 0 Å². The first-order valence-electron chi connectivity index (χ1n) is 8.83. The lowest BCUT2D eigenvalue weighted by Gasteiger charge is -2.10. The molecule has 4 rings (SSSR count). The van der Waals surface area contributed by atoms with Crippen molar-refractivity contribution < 1.29 is 13.9 Å². The van der Waals surface area contributed by atoms with E-state index in [9.17, 15) is 9.59 Å². The van der Waals surface area contributed by atoms with E-state index in [-0.39, 0.29) is 12.6 Å². The molecular weight excluding hydrogens is 328 g/mol. The molecule has 0 bridgehead atoms. The number of rotatable bonds is 3. The molecule has 0 fully saturated rings. The summed E-state index contributed by atoms with van der Waals surface area (Å²) in [6.07, 6.45) is 3.17. The monoisotopic (exact) mass is 348 g/mol. The van der Waals surface area contributed by atoms with Gasteiger partial charge in [0.05, 0.1) is 5.56 Å². The minimum Gasteiger partial charge on any atom is -0.457 e. The summed E-state index contributed by atoms with van der Waals surface area (Å²) in [5.41, 5.74) is 5.90. The van der Waals surface area contributed by atoms with Crippen LogP contribution in [0.4, 0.5) is 0 Å². The summed E-state index contributed by atoms with van der Waals surface area (Å²) in [4.78, 5) is 24.3. The van der Waals surface area contributed by atoms with E-state index in [1.807, 2.05) is 26.0 Å². The second-order valence-electron chi connectivity index (χ2n) is 7.01. The Kier molecular flexibility index (Phi) is 4.11. The molecule has 1 aliphatic carbocycles. The van der Waals surface area contributed by atoms with Crippen molar-refractivity contribution in [2.75, 3.05) is 0 Å². The van der Waals surface area contributed by atoms with Crippen molar-refractivity contribution in [3.8, 4) is 0 Å². The molecule has 1 heterocycles. The van der Waals surface area contributed by atoms with E-state index in [0.29, 0.717) is 16.7 Å². The molecule has 0 atom stereocenters. The molecule has 132 valence electrons. The Morgan fingerprint density at radius 3 is 2.42 bits per heavy atom. The Labute approximate surface area is 151 Å². The average molecular weight is 348 g/mol. The molecule has 0 aliphatic heterocycles. The first kappa shape index (κ1) is 16.6. The Morgan fingerprint density at radius 1 is 1.00 bits per heavy atom. The summed E-state index contributed by atoms with van der Waals surface area (Å²) in [6.45, 7) is 3.94. The highest BCUT2D eigenvalue weighted by Crippen LogP contribution is 2.28. The van der Waals surface area contributed by atoms with Gasteiger partial charge in [0.25, 0.3) is 0 Å². The number of hydrogen-bond acceptors (Lipinski definition) is 4. The maximum atomic E-state index is 12.4. The zero-order valence-corrected chi connectivity index (χ0v) is 14.9. The third-order valence-corrected chi connectivity index (χ3v) is 4.86. The van der Waals surface area contributed by atoms with Crippen LogP contribution >= 0.6 is 0 Å². The van der Waals surface area contributed by atoms with Crippen LogP contribution in [-0.2, 0) is 24.2 Å². The first-order valence-corrected chi connectivity index (χ1v) is 8.83. The third kappa shape index (κ3) is 3.15. The van der Waals surface area contributed by atoms with E-state index in [4.69, 9.17) is 9.15 Å². The third-order valence-electron chi connectivity index (χ3n) is 4.86. The van der Waals surface area contributed by atoms with Crippen LogP contribution < -0.4 is 5.63 Å². The van der Waals surface area contributed by atoms with Gasteiger partial charge in [-0.3, -0.25) is 0 Å². The number of esters is 1. The number of aryl methyl sites for hydroxylation is 4. The highest BCUT2D eigenvalue weighted by Gasteiger charge is 2.16. The molecule has 0 unspecified atom stereocenters. The van der Waals surface area contributed by atoms with Gasteiger partial charge in [0.1, 0.15) is 12.2 Å². The molecule has 0 saturated carbocycles. The highest BCUT2D eigenvalue weighted by molar-refractivity contribution is 5.90. The number of ether oxygens (including phenoxy) is 1. The lowest BCUT2D eigenvalue weighted by Crippen LogP contribution is -2.08. The standard InChI is InChI=1S/C22H20O4/c1-13-6-14(2)8-17(7-13)22(24)25-12-18-11-21(23)26-20-10-16-5-3-4-15(16)9-19(18)20/h6-11H,3-5,12H2,1-2H3. The van der Waals surface area contributed by atoms with Crippen molar-refractivity contribution in [3.05, 3.63) is 80.2 Å². The van der Waals surface area contributed by atoms with Crippen molar-refractivity contribution in [1.29, 1.82) is 0 Å². The summed E-state index contributed by atoms with van der Waals surface area (Å²) in [6, 6.07) is 11.1. The van der Waals surface area contributed by atoms with E-state index in [2.05, 4.69) is 6.07 Å². The van der Waals surface area contributed by atoms with Crippen LogP contribution in [-0.4, -0.2) is 5.97 Å². The Balaban J connectivity index is 1.64. The number of carbonyl (C=O) groups is 1. The first-order chi connectivity index (χ1) is 12.5. The number of benzene rings is 2. The van der Waals surface area contributed by atoms with Gasteiger partial charge in [0.2, 0.25) is 0 Å². The second kappa shape index (κ2) is 6.45. The molecule has 0 radical (unpaired) electrons. The van der Waals surface area contributed by atoms with Crippen LogP contribution in [0, 0.1) is 13.8 Å². The lowest BCUT2D eigenvalue weighted by atomic mass is 10.0. The normalized spacial score (nSPS) is 13.0.